The Morgan fingerprint density at radius 1 is 1.56 bits per heavy atom. The maximum absolute atomic E-state index is 11.9. The van der Waals surface area contributed by atoms with Gasteiger partial charge in [-0.1, -0.05) is 6.07 Å². The molecular weight excluding hydrogens is 234 g/mol. The second-order valence-corrected chi connectivity index (χ2v) is 4.43. The molecule has 18 heavy (non-hydrogen) atoms. The van der Waals surface area contributed by atoms with Gasteiger partial charge in [0, 0.05) is 12.7 Å². The third-order valence-electron chi connectivity index (χ3n) is 2.64. The fraction of sp³-hybridized carbons (Fsp3) is 0.333. The van der Waals surface area contributed by atoms with Crippen molar-refractivity contribution < 1.29 is 15.0 Å². The lowest BCUT2D eigenvalue weighted by Gasteiger charge is -2.20. The van der Waals surface area contributed by atoms with E-state index in [1.807, 2.05) is 12.1 Å². The van der Waals surface area contributed by atoms with Crippen molar-refractivity contribution in [1.82, 2.24) is 14.9 Å². The minimum atomic E-state index is -1.32. The highest BCUT2D eigenvalue weighted by Crippen LogP contribution is 2.10. The number of aliphatic hydroxyl groups is 2. The van der Waals surface area contributed by atoms with Crippen molar-refractivity contribution in [3.63, 3.8) is 0 Å². The first-order valence-electron chi connectivity index (χ1n) is 5.57. The second kappa shape index (κ2) is 4.75. The maximum atomic E-state index is 11.9. The number of hydrogen-bond acceptors (Lipinski definition) is 4. The van der Waals surface area contributed by atoms with Gasteiger partial charge in [-0.25, -0.2) is 4.52 Å². The van der Waals surface area contributed by atoms with Crippen molar-refractivity contribution in [3.8, 4) is 0 Å². The molecule has 0 spiro atoms. The van der Waals surface area contributed by atoms with Gasteiger partial charge in [-0.15, -0.1) is 0 Å². The Kier molecular flexibility index (Phi) is 3.31. The monoisotopic (exact) mass is 249 g/mol. The summed E-state index contributed by atoms with van der Waals surface area (Å²) in [5, 5.41) is 25.1. The van der Waals surface area contributed by atoms with Gasteiger partial charge in [0.1, 0.15) is 5.60 Å². The molecule has 0 aliphatic carbocycles. The van der Waals surface area contributed by atoms with Gasteiger partial charge >= 0.3 is 0 Å². The molecule has 0 aromatic carbocycles. The predicted molar refractivity (Wildman–Crippen MR) is 65.2 cm³/mol. The second-order valence-electron chi connectivity index (χ2n) is 4.43. The Hall–Kier alpha value is -1.92. The summed E-state index contributed by atoms with van der Waals surface area (Å²) in [6.07, 6.45) is 3.22. The summed E-state index contributed by atoms with van der Waals surface area (Å²) in [6, 6.07) is 5.42. The molecule has 2 aromatic heterocycles. The molecule has 3 N–H and O–H groups in total. The maximum Gasteiger partial charge on any atom is 0.255 e. The topological polar surface area (TPSA) is 86.9 Å². The number of fused-ring (bicyclic) bond motifs is 1. The molecule has 0 aliphatic heterocycles. The fourth-order valence-corrected chi connectivity index (χ4v) is 1.53. The molecule has 2 rings (SSSR count). The Bertz CT molecular complexity index is 562. The van der Waals surface area contributed by atoms with E-state index in [1.165, 1.54) is 13.1 Å². The highest BCUT2D eigenvalue weighted by atomic mass is 16.3. The lowest BCUT2D eigenvalue weighted by molar-refractivity contribution is 0.00321. The number of aliphatic hydroxyl groups excluding tert-OH is 1. The third kappa shape index (κ3) is 2.49. The van der Waals surface area contributed by atoms with Crippen LogP contribution in [-0.4, -0.2) is 44.5 Å². The molecule has 0 bridgehead atoms. The van der Waals surface area contributed by atoms with Crippen molar-refractivity contribution >= 4 is 11.4 Å². The molecule has 6 nitrogen and oxygen atoms in total. The van der Waals surface area contributed by atoms with Crippen molar-refractivity contribution in [3.05, 3.63) is 36.2 Å². The number of pyridine rings is 1. The zero-order valence-corrected chi connectivity index (χ0v) is 10.00. The molecule has 0 aliphatic rings. The van der Waals surface area contributed by atoms with E-state index in [0.717, 1.165) is 0 Å². The number of amides is 1. The average molecular weight is 249 g/mol. The van der Waals surface area contributed by atoms with Crippen LogP contribution in [-0.2, 0) is 0 Å². The molecule has 0 radical (unpaired) electrons. The van der Waals surface area contributed by atoms with Crippen LogP contribution in [0.25, 0.3) is 5.52 Å². The standard InChI is InChI=1S/C12H15N3O3/c1-12(18,8-16)7-13-11(17)9-6-14-15-5-3-2-4-10(9)15/h2-6,16,18H,7-8H2,1H3,(H,13,17). The SMILES string of the molecule is CC(O)(CO)CNC(=O)c1cnn2ccccc12. The normalized spacial score (nSPS) is 14.4. The largest absolute Gasteiger partial charge is 0.393 e. The molecule has 0 saturated carbocycles. The molecule has 1 unspecified atom stereocenters. The van der Waals surface area contributed by atoms with Crippen LogP contribution in [0.5, 0.6) is 0 Å². The smallest absolute Gasteiger partial charge is 0.255 e. The summed E-state index contributed by atoms with van der Waals surface area (Å²) < 4.78 is 1.60. The van der Waals surface area contributed by atoms with Gasteiger partial charge in [0.15, 0.2) is 0 Å². The molecule has 2 heterocycles. The van der Waals surface area contributed by atoms with Gasteiger partial charge in [0.25, 0.3) is 5.91 Å². The van der Waals surface area contributed by atoms with Crippen molar-refractivity contribution in [2.24, 2.45) is 0 Å². The highest BCUT2D eigenvalue weighted by Gasteiger charge is 2.21. The van der Waals surface area contributed by atoms with Crippen LogP contribution in [0.15, 0.2) is 30.6 Å². The number of nitrogens with one attached hydrogen (secondary N) is 1. The summed E-state index contributed by atoms with van der Waals surface area (Å²) in [5.41, 5.74) is -0.193. The van der Waals surface area contributed by atoms with Crippen LogP contribution in [0.3, 0.4) is 0 Å². The number of aromatic nitrogens is 2. The lowest BCUT2D eigenvalue weighted by atomic mass is 10.1. The summed E-state index contributed by atoms with van der Waals surface area (Å²) in [7, 11) is 0. The Morgan fingerprint density at radius 3 is 3.06 bits per heavy atom. The molecule has 1 amide bonds. The van der Waals surface area contributed by atoms with Crippen molar-refractivity contribution in [2.45, 2.75) is 12.5 Å². The Morgan fingerprint density at radius 2 is 2.33 bits per heavy atom. The van der Waals surface area contributed by atoms with Crippen LogP contribution in [0, 0.1) is 0 Å². The molecule has 2 aromatic rings. The zero-order valence-electron chi connectivity index (χ0n) is 10.00. The van der Waals surface area contributed by atoms with Gasteiger partial charge in [-0.05, 0) is 19.1 Å². The minimum Gasteiger partial charge on any atom is -0.393 e. The molecule has 0 fully saturated rings. The van der Waals surface area contributed by atoms with E-state index in [2.05, 4.69) is 10.4 Å². The number of carbonyl (C=O) groups excluding carboxylic acids is 1. The first-order chi connectivity index (χ1) is 8.53. The van der Waals surface area contributed by atoms with Crippen molar-refractivity contribution in [1.29, 1.82) is 0 Å². The van der Waals surface area contributed by atoms with Crippen LogP contribution in [0.4, 0.5) is 0 Å². The predicted octanol–water partition coefficient (Wildman–Crippen LogP) is -0.193. The number of hydrogen-bond donors (Lipinski definition) is 3. The first kappa shape index (κ1) is 12.5. The van der Waals surface area contributed by atoms with Crippen LogP contribution < -0.4 is 5.32 Å². The van der Waals surface area contributed by atoms with Crippen LogP contribution >= 0.6 is 0 Å². The minimum absolute atomic E-state index is 0.0213. The van der Waals surface area contributed by atoms with E-state index in [4.69, 9.17) is 5.11 Å². The van der Waals surface area contributed by atoms with E-state index < -0.39 is 12.2 Å². The molecule has 6 heteroatoms. The summed E-state index contributed by atoms with van der Waals surface area (Å²) in [4.78, 5) is 11.9. The summed E-state index contributed by atoms with van der Waals surface area (Å²) in [5.74, 6) is -0.329. The van der Waals surface area contributed by atoms with Gasteiger partial charge in [-0.2, -0.15) is 5.10 Å². The van der Waals surface area contributed by atoms with E-state index in [-0.39, 0.29) is 12.5 Å². The zero-order chi connectivity index (χ0) is 13.2. The number of rotatable bonds is 4. The third-order valence-corrected chi connectivity index (χ3v) is 2.64. The van der Waals surface area contributed by atoms with Crippen LogP contribution in [0.2, 0.25) is 0 Å². The van der Waals surface area contributed by atoms with E-state index in [9.17, 15) is 9.90 Å². The Balaban J connectivity index is 2.14. The summed E-state index contributed by atoms with van der Waals surface area (Å²) >= 11 is 0. The molecular formula is C12H15N3O3. The first-order valence-corrected chi connectivity index (χ1v) is 5.57. The van der Waals surface area contributed by atoms with E-state index in [0.29, 0.717) is 11.1 Å². The lowest BCUT2D eigenvalue weighted by Crippen LogP contribution is -2.43. The molecule has 0 saturated heterocycles. The van der Waals surface area contributed by atoms with E-state index in [1.54, 1.807) is 16.8 Å². The average Bonchev–Trinajstić information content (AvgIpc) is 2.80. The molecule has 1 atom stereocenters. The number of carbonyl (C=O) groups is 1. The fourth-order valence-electron chi connectivity index (χ4n) is 1.53. The van der Waals surface area contributed by atoms with Crippen molar-refractivity contribution in [2.75, 3.05) is 13.2 Å². The highest BCUT2D eigenvalue weighted by molar-refractivity contribution is 6.00. The van der Waals surface area contributed by atoms with E-state index >= 15 is 0 Å². The van der Waals surface area contributed by atoms with Gasteiger partial charge in [-0.3, -0.25) is 4.79 Å². The van der Waals surface area contributed by atoms with Gasteiger partial charge < -0.3 is 15.5 Å². The number of nitrogens with zero attached hydrogens (tertiary/aromatic N) is 2. The molecule has 96 valence electrons. The van der Waals surface area contributed by atoms with Gasteiger partial charge in [0.2, 0.25) is 0 Å². The Labute approximate surface area is 104 Å². The quantitative estimate of drug-likeness (QED) is 0.700. The summed E-state index contributed by atoms with van der Waals surface area (Å²) in [6.45, 7) is 1.01. The van der Waals surface area contributed by atoms with Crippen LogP contribution in [0.1, 0.15) is 17.3 Å². The van der Waals surface area contributed by atoms with Gasteiger partial charge in [0.05, 0.1) is 23.9 Å².